The van der Waals surface area contributed by atoms with Crippen molar-refractivity contribution < 1.29 is 5.11 Å². The van der Waals surface area contributed by atoms with Crippen LogP contribution in [-0.4, -0.2) is 34.7 Å². The lowest BCUT2D eigenvalue weighted by molar-refractivity contribution is 0.0225. The summed E-state index contributed by atoms with van der Waals surface area (Å²) >= 11 is 0. The molecule has 0 rings (SSSR count). The summed E-state index contributed by atoms with van der Waals surface area (Å²) in [7, 11) is 0. The topological polar surface area (TPSA) is 47.3 Å². The lowest BCUT2D eigenvalue weighted by atomic mass is 10.1. The summed E-state index contributed by atoms with van der Waals surface area (Å²) < 4.78 is 0. The van der Waals surface area contributed by atoms with Crippen molar-refractivity contribution in [3.05, 3.63) is 0 Å². The van der Waals surface area contributed by atoms with Crippen molar-refractivity contribution in [2.24, 2.45) is 0 Å². The van der Waals surface area contributed by atoms with Crippen molar-refractivity contribution in [1.82, 2.24) is 4.90 Å². The molecule has 0 aliphatic heterocycles. The van der Waals surface area contributed by atoms with Crippen LogP contribution in [0.2, 0.25) is 0 Å². The summed E-state index contributed by atoms with van der Waals surface area (Å²) in [5, 5.41) is 18.4. The molecule has 0 aliphatic carbocycles. The molecule has 3 heteroatoms. The van der Waals surface area contributed by atoms with E-state index in [9.17, 15) is 5.11 Å². The Hall–Kier alpha value is -0.590. The summed E-state index contributed by atoms with van der Waals surface area (Å²) in [6.07, 6.45) is 1.50. The first-order valence-corrected chi connectivity index (χ1v) is 5.28. The predicted molar refractivity (Wildman–Crippen MR) is 57.9 cm³/mol. The molecule has 0 spiro atoms. The number of aliphatic hydroxyl groups is 1. The first kappa shape index (κ1) is 13.4. The number of hydrogen-bond donors (Lipinski definition) is 1. The molecule has 0 radical (unpaired) electrons. The summed E-state index contributed by atoms with van der Waals surface area (Å²) in [5.74, 6) is 0. The highest BCUT2D eigenvalue weighted by atomic mass is 16.3. The SMILES string of the molecule is CCC(CC#N)N(CC)CC(C)(C)O. The summed E-state index contributed by atoms with van der Waals surface area (Å²) in [5.41, 5.74) is -0.682. The summed E-state index contributed by atoms with van der Waals surface area (Å²) in [4.78, 5) is 2.17. The fourth-order valence-electron chi connectivity index (χ4n) is 1.63. The van der Waals surface area contributed by atoms with Crippen molar-refractivity contribution in [3.8, 4) is 6.07 Å². The lowest BCUT2D eigenvalue weighted by Crippen LogP contribution is -2.44. The Kier molecular flexibility index (Phi) is 5.75. The van der Waals surface area contributed by atoms with Crippen molar-refractivity contribution in [3.63, 3.8) is 0 Å². The maximum Gasteiger partial charge on any atom is 0.0718 e. The fourth-order valence-corrected chi connectivity index (χ4v) is 1.63. The molecule has 0 bridgehead atoms. The van der Waals surface area contributed by atoms with Crippen LogP contribution >= 0.6 is 0 Å². The van der Waals surface area contributed by atoms with Gasteiger partial charge in [-0.05, 0) is 26.8 Å². The second-order valence-corrected chi connectivity index (χ2v) is 4.30. The number of nitrogens with zero attached hydrogens (tertiary/aromatic N) is 2. The van der Waals surface area contributed by atoms with Gasteiger partial charge in [0.15, 0.2) is 0 Å². The van der Waals surface area contributed by atoms with Gasteiger partial charge in [-0.1, -0.05) is 13.8 Å². The van der Waals surface area contributed by atoms with E-state index in [4.69, 9.17) is 5.26 Å². The Balaban J connectivity index is 4.30. The van der Waals surface area contributed by atoms with Gasteiger partial charge in [-0.3, -0.25) is 4.90 Å². The molecule has 0 fully saturated rings. The van der Waals surface area contributed by atoms with E-state index in [1.54, 1.807) is 13.8 Å². The van der Waals surface area contributed by atoms with Crippen molar-refractivity contribution in [1.29, 1.82) is 5.26 Å². The van der Waals surface area contributed by atoms with Crippen molar-refractivity contribution >= 4 is 0 Å². The Morgan fingerprint density at radius 3 is 2.29 bits per heavy atom. The molecule has 0 aromatic carbocycles. The minimum Gasteiger partial charge on any atom is -0.389 e. The number of hydrogen-bond acceptors (Lipinski definition) is 3. The van der Waals surface area contributed by atoms with Crippen LogP contribution in [0, 0.1) is 11.3 Å². The monoisotopic (exact) mass is 198 g/mol. The molecule has 0 aromatic rings. The third-order valence-corrected chi connectivity index (χ3v) is 2.31. The average Bonchev–Trinajstić information content (AvgIpc) is 2.09. The Bertz CT molecular complexity index is 190. The molecule has 0 saturated heterocycles. The van der Waals surface area contributed by atoms with Crippen LogP contribution < -0.4 is 0 Å². The molecule has 1 unspecified atom stereocenters. The third-order valence-electron chi connectivity index (χ3n) is 2.31. The van der Waals surface area contributed by atoms with E-state index in [0.29, 0.717) is 13.0 Å². The first-order chi connectivity index (χ1) is 6.44. The highest BCUT2D eigenvalue weighted by Crippen LogP contribution is 2.12. The van der Waals surface area contributed by atoms with E-state index in [0.717, 1.165) is 13.0 Å². The summed E-state index contributed by atoms with van der Waals surface area (Å²) in [6.45, 7) is 9.25. The van der Waals surface area contributed by atoms with Gasteiger partial charge in [-0.15, -0.1) is 0 Å². The molecule has 0 amide bonds. The number of likely N-dealkylation sites (N-methyl/N-ethyl adjacent to an activating group) is 1. The van der Waals surface area contributed by atoms with Crippen LogP contribution in [0.4, 0.5) is 0 Å². The quantitative estimate of drug-likeness (QED) is 0.707. The normalized spacial score (nSPS) is 14.1. The standard InChI is InChI=1S/C11H22N2O/c1-5-10(7-8-12)13(6-2)9-11(3,4)14/h10,14H,5-7,9H2,1-4H3. The van der Waals surface area contributed by atoms with Crippen LogP contribution in [0.5, 0.6) is 0 Å². The maximum atomic E-state index is 9.71. The zero-order chi connectivity index (χ0) is 11.2. The molecule has 1 N–H and O–H groups in total. The molecule has 1 atom stereocenters. The second-order valence-electron chi connectivity index (χ2n) is 4.30. The molecule has 14 heavy (non-hydrogen) atoms. The van der Waals surface area contributed by atoms with Crippen molar-refractivity contribution in [2.75, 3.05) is 13.1 Å². The van der Waals surface area contributed by atoms with E-state index in [2.05, 4.69) is 24.8 Å². The molecule has 0 saturated carbocycles. The molecular weight excluding hydrogens is 176 g/mol. The summed E-state index contributed by atoms with van der Waals surface area (Å²) in [6, 6.07) is 2.47. The lowest BCUT2D eigenvalue weighted by Gasteiger charge is -2.33. The van der Waals surface area contributed by atoms with Gasteiger partial charge in [-0.2, -0.15) is 5.26 Å². The van der Waals surface area contributed by atoms with Gasteiger partial charge in [0, 0.05) is 12.6 Å². The number of nitriles is 1. The molecule has 0 heterocycles. The fraction of sp³-hybridized carbons (Fsp3) is 0.909. The van der Waals surface area contributed by atoms with Crippen LogP contribution in [0.25, 0.3) is 0 Å². The van der Waals surface area contributed by atoms with Gasteiger partial charge in [0.05, 0.1) is 18.1 Å². The van der Waals surface area contributed by atoms with E-state index in [1.807, 2.05) is 0 Å². The smallest absolute Gasteiger partial charge is 0.0718 e. The van der Waals surface area contributed by atoms with Gasteiger partial charge in [0.25, 0.3) is 0 Å². The van der Waals surface area contributed by atoms with Gasteiger partial charge in [0.1, 0.15) is 0 Å². The van der Waals surface area contributed by atoms with Crippen LogP contribution in [-0.2, 0) is 0 Å². The maximum absolute atomic E-state index is 9.71. The van der Waals surface area contributed by atoms with Gasteiger partial charge >= 0.3 is 0 Å². The van der Waals surface area contributed by atoms with Crippen LogP contribution in [0.1, 0.15) is 40.5 Å². The largest absolute Gasteiger partial charge is 0.389 e. The third kappa shape index (κ3) is 5.21. The zero-order valence-electron chi connectivity index (χ0n) is 9.75. The van der Waals surface area contributed by atoms with E-state index in [1.165, 1.54) is 0 Å². The second kappa shape index (κ2) is 6.00. The highest BCUT2D eigenvalue weighted by Gasteiger charge is 2.22. The van der Waals surface area contributed by atoms with Gasteiger partial charge in [-0.25, -0.2) is 0 Å². The Morgan fingerprint density at radius 2 is 2.00 bits per heavy atom. The van der Waals surface area contributed by atoms with Gasteiger partial charge in [0.2, 0.25) is 0 Å². The molecule has 0 aromatic heterocycles. The minimum absolute atomic E-state index is 0.274. The van der Waals surface area contributed by atoms with E-state index >= 15 is 0 Å². The number of rotatable bonds is 6. The molecule has 82 valence electrons. The Labute approximate surface area is 87.3 Å². The minimum atomic E-state index is -0.682. The van der Waals surface area contributed by atoms with E-state index in [-0.39, 0.29) is 6.04 Å². The predicted octanol–water partition coefficient (Wildman–Crippen LogP) is 1.77. The van der Waals surface area contributed by atoms with Crippen molar-refractivity contribution in [2.45, 2.75) is 52.2 Å². The molecule has 3 nitrogen and oxygen atoms in total. The van der Waals surface area contributed by atoms with E-state index < -0.39 is 5.60 Å². The first-order valence-electron chi connectivity index (χ1n) is 5.28. The van der Waals surface area contributed by atoms with Crippen LogP contribution in [0.15, 0.2) is 0 Å². The van der Waals surface area contributed by atoms with Gasteiger partial charge < -0.3 is 5.11 Å². The Morgan fingerprint density at radius 1 is 1.43 bits per heavy atom. The highest BCUT2D eigenvalue weighted by molar-refractivity contribution is 4.84. The van der Waals surface area contributed by atoms with Crippen LogP contribution in [0.3, 0.4) is 0 Å². The average molecular weight is 198 g/mol. The molecular formula is C11H22N2O. The molecule has 0 aliphatic rings. The zero-order valence-corrected chi connectivity index (χ0v) is 9.75.